The van der Waals surface area contributed by atoms with Crippen molar-refractivity contribution in [3.05, 3.63) is 83.9 Å². The third kappa shape index (κ3) is 8.23. The van der Waals surface area contributed by atoms with Crippen LogP contribution < -0.4 is 19.1 Å². The van der Waals surface area contributed by atoms with Crippen LogP contribution in [0.4, 0.5) is 5.69 Å². The van der Waals surface area contributed by atoms with Crippen LogP contribution in [0.25, 0.3) is 0 Å². The zero-order valence-electron chi connectivity index (χ0n) is 24.5. The summed E-state index contributed by atoms with van der Waals surface area (Å²) in [5.74, 6) is 0.389. The van der Waals surface area contributed by atoms with Crippen molar-refractivity contribution in [2.75, 3.05) is 31.6 Å². The van der Waals surface area contributed by atoms with E-state index in [4.69, 9.17) is 9.47 Å². The average molecular weight is 582 g/mol. The Hall–Kier alpha value is -4.05. The fourth-order valence-electron chi connectivity index (χ4n) is 4.13. The second kappa shape index (κ2) is 14.0. The van der Waals surface area contributed by atoms with Gasteiger partial charge in [0.15, 0.2) is 0 Å². The number of nitrogens with zero attached hydrogens (tertiary/aromatic N) is 2. The number of rotatable bonds is 13. The Morgan fingerprint density at radius 2 is 1.49 bits per heavy atom. The normalized spacial score (nSPS) is 12.0. The number of sulfonamides is 1. The molecule has 3 rings (SSSR count). The summed E-state index contributed by atoms with van der Waals surface area (Å²) in [5.41, 5.74) is 1.89. The zero-order valence-corrected chi connectivity index (χ0v) is 25.3. The van der Waals surface area contributed by atoms with Crippen molar-refractivity contribution < 1.29 is 27.5 Å². The number of anilines is 1. The van der Waals surface area contributed by atoms with Crippen LogP contribution in [0.3, 0.4) is 0 Å². The summed E-state index contributed by atoms with van der Waals surface area (Å²) in [6, 6.07) is 19.3. The molecule has 0 fully saturated rings. The molecule has 0 saturated heterocycles. The number of carbonyl (C=O) groups is 2. The molecule has 1 unspecified atom stereocenters. The van der Waals surface area contributed by atoms with Gasteiger partial charge in [-0.3, -0.25) is 13.9 Å². The lowest BCUT2D eigenvalue weighted by molar-refractivity contribution is -0.139. The van der Waals surface area contributed by atoms with Crippen LogP contribution in [0.5, 0.6) is 11.5 Å². The van der Waals surface area contributed by atoms with Gasteiger partial charge in [0.05, 0.1) is 24.8 Å². The minimum atomic E-state index is -4.17. The van der Waals surface area contributed by atoms with Gasteiger partial charge in [0.2, 0.25) is 11.8 Å². The molecule has 0 aliphatic carbocycles. The molecule has 0 bridgehead atoms. The summed E-state index contributed by atoms with van der Waals surface area (Å²) in [6.45, 7) is 7.44. The summed E-state index contributed by atoms with van der Waals surface area (Å²) >= 11 is 0. The van der Waals surface area contributed by atoms with Crippen molar-refractivity contribution in [3.8, 4) is 11.5 Å². The average Bonchev–Trinajstić information content (AvgIpc) is 2.97. The number of hydrogen-bond acceptors (Lipinski definition) is 6. The molecular weight excluding hydrogens is 542 g/mol. The highest BCUT2D eigenvalue weighted by Crippen LogP contribution is 2.28. The molecule has 0 aromatic heterocycles. The van der Waals surface area contributed by atoms with Crippen LogP contribution in [0, 0.1) is 12.8 Å². The number of methoxy groups -OCH3 is 2. The SMILES string of the molecule is COc1cccc(CN(C(=O)CN(c2cccc(OC)c2)S(=O)(=O)c2ccc(C)cc2)C(C)C(=O)NCC(C)C)c1. The highest BCUT2D eigenvalue weighted by atomic mass is 32.2. The quantitative estimate of drug-likeness (QED) is 0.321. The van der Waals surface area contributed by atoms with Crippen molar-refractivity contribution in [1.29, 1.82) is 0 Å². The molecule has 10 heteroatoms. The monoisotopic (exact) mass is 581 g/mol. The van der Waals surface area contributed by atoms with Crippen molar-refractivity contribution in [1.82, 2.24) is 10.2 Å². The maximum Gasteiger partial charge on any atom is 0.264 e. The number of amides is 2. The molecular formula is C31H39N3O6S. The predicted molar refractivity (Wildman–Crippen MR) is 160 cm³/mol. The van der Waals surface area contributed by atoms with Gasteiger partial charge in [-0.2, -0.15) is 0 Å². The number of aryl methyl sites for hydroxylation is 1. The maximum absolute atomic E-state index is 14.0. The van der Waals surface area contributed by atoms with Gasteiger partial charge in [-0.1, -0.05) is 49.7 Å². The molecule has 3 aromatic carbocycles. The first-order valence-corrected chi connectivity index (χ1v) is 14.8. The molecule has 0 aliphatic heterocycles. The first kappa shape index (κ1) is 31.5. The van der Waals surface area contributed by atoms with E-state index >= 15 is 0 Å². The van der Waals surface area contributed by atoms with Gasteiger partial charge in [-0.15, -0.1) is 0 Å². The van der Waals surface area contributed by atoms with E-state index in [1.165, 1.54) is 24.1 Å². The van der Waals surface area contributed by atoms with E-state index in [9.17, 15) is 18.0 Å². The standard InChI is InChI=1S/C31H39N3O6S/c1-22(2)19-32-31(36)24(4)33(20-25-9-7-11-27(17-25)39-5)30(35)21-34(26-10-8-12-28(18-26)40-6)41(37,38)29-15-13-23(3)14-16-29/h7-18,22,24H,19-21H2,1-6H3,(H,32,36). The van der Waals surface area contributed by atoms with Gasteiger partial charge < -0.3 is 19.7 Å². The van der Waals surface area contributed by atoms with E-state index in [1.54, 1.807) is 68.6 Å². The predicted octanol–water partition coefficient (Wildman–Crippen LogP) is 4.40. The topological polar surface area (TPSA) is 105 Å². The lowest BCUT2D eigenvalue weighted by atomic mass is 10.1. The van der Waals surface area contributed by atoms with Crippen LogP contribution in [-0.4, -0.2) is 58.5 Å². The summed E-state index contributed by atoms with van der Waals surface area (Å²) in [5, 5.41) is 2.88. The van der Waals surface area contributed by atoms with Gasteiger partial charge in [0.1, 0.15) is 24.1 Å². The summed E-state index contributed by atoms with van der Waals surface area (Å²) in [7, 11) is -1.14. The Balaban J connectivity index is 2.04. The minimum Gasteiger partial charge on any atom is -0.497 e. The fraction of sp³-hybridized carbons (Fsp3) is 0.355. The number of hydrogen-bond donors (Lipinski definition) is 1. The molecule has 1 atom stereocenters. The first-order chi connectivity index (χ1) is 19.5. The second-order valence-electron chi connectivity index (χ2n) is 10.2. The molecule has 220 valence electrons. The van der Waals surface area contributed by atoms with E-state index in [0.29, 0.717) is 18.0 Å². The molecule has 3 aromatic rings. The Morgan fingerprint density at radius 3 is 2.10 bits per heavy atom. The van der Waals surface area contributed by atoms with Crippen LogP contribution in [0.1, 0.15) is 31.9 Å². The summed E-state index contributed by atoms with van der Waals surface area (Å²) in [4.78, 5) is 28.6. The van der Waals surface area contributed by atoms with Crippen molar-refractivity contribution in [3.63, 3.8) is 0 Å². The smallest absolute Gasteiger partial charge is 0.264 e. The molecule has 2 amide bonds. The zero-order chi connectivity index (χ0) is 30.2. The van der Waals surface area contributed by atoms with E-state index in [-0.39, 0.29) is 29.0 Å². The number of nitrogens with one attached hydrogen (secondary N) is 1. The van der Waals surface area contributed by atoms with Gasteiger partial charge in [-0.05, 0) is 61.7 Å². The summed E-state index contributed by atoms with van der Waals surface area (Å²) < 4.78 is 39.6. The molecule has 0 spiro atoms. The molecule has 0 aliphatic rings. The van der Waals surface area contributed by atoms with Crippen molar-refractivity contribution in [2.45, 2.75) is 45.2 Å². The van der Waals surface area contributed by atoms with Crippen LogP contribution in [0.2, 0.25) is 0 Å². The van der Waals surface area contributed by atoms with Crippen LogP contribution in [-0.2, 0) is 26.2 Å². The molecule has 0 saturated carbocycles. The minimum absolute atomic E-state index is 0.0424. The number of carbonyl (C=O) groups excluding carboxylic acids is 2. The van der Waals surface area contributed by atoms with Crippen molar-refractivity contribution >= 4 is 27.5 Å². The van der Waals surface area contributed by atoms with Crippen molar-refractivity contribution in [2.24, 2.45) is 5.92 Å². The van der Waals surface area contributed by atoms with Gasteiger partial charge in [0, 0.05) is 19.2 Å². The van der Waals surface area contributed by atoms with Crippen LogP contribution >= 0.6 is 0 Å². The van der Waals surface area contributed by atoms with Gasteiger partial charge in [0.25, 0.3) is 10.0 Å². The Labute approximate surface area is 243 Å². The Kier molecular flexibility index (Phi) is 10.8. The first-order valence-electron chi connectivity index (χ1n) is 13.4. The van der Waals surface area contributed by atoms with E-state index < -0.39 is 28.5 Å². The van der Waals surface area contributed by atoms with E-state index in [2.05, 4.69) is 5.32 Å². The molecule has 9 nitrogen and oxygen atoms in total. The van der Waals surface area contributed by atoms with Gasteiger partial charge >= 0.3 is 0 Å². The maximum atomic E-state index is 14.0. The molecule has 0 radical (unpaired) electrons. The van der Waals surface area contributed by atoms with E-state index in [0.717, 1.165) is 15.4 Å². The summed E-state index contributed by atoms with van der Waals surface area (Å²) in [6.07, 6.45) is 0. The lowest BCUT2D eigenvalue weighted by Crippen LogP contribution is -2.51. The molecule has 0 heterocycles. The van der Waals surface area contributed by atoms with Gasteiger partial charge in [-0.25, -0.2) is 8.42 Å². The van der Waals surface area contributed by atoms with E-state index in [1.807, 2.05) is 26.8 Å². The largest absolute Gasteiger partial charge is 0.497 e. The number of ether oxygens (including phenoxy) is 2. The third-order valence-electron chi connectivity index (χ3n) is 6.57. The molecule has 1 N–H and O–H groups in total. The van der Waals surface area contributed by atoms with Crippen LogP contribution in [0.15, 0.2) is 77.7 Å². The fourth-order valence-corrected chi connectivity index (χ4v) is 5.54. The number of benzene rings is 3. The third-order valence-corrected chi connectivity index (χ3v) is 8.36. The molecule has 41 heavy (non-hydrogen) atoms. The second-order valence-corrected chi connectivity index (χ2v) is 12.1. The highest BCUT2D eigenvalue weighted by molar-refractivity contribution is 7.92. The highest BCUT2D eigenvalue weighted by Gasteiger charge is 2.32. The lowest BCUT2D eigenvalue weighted by Gasteiger charge is -2.32. The Bertz CT molecular complexity index is 1440. The Morgan fingerprint density at radius 1 is 0.878 bits per heavy atom.